The SMILES string of the molecule is CN(C)c1ccc(C2(c3ccc(N(C)C)cc3)C=Cc3c(Nc4ccccc4)nn(C=CC=O)c3C2)cc1. The van der Waals surface area contributed by atoms with Crippen molar-refractivity contribution in [2.24, 2.45) is 0 Å². The topological polar surface area (TPSA) is 53.4 Å². The van der Waals surface area contributed by atoms with Crippen LogP contribution in [0.1, 0.15) is 22.4 Å². The second-order valence-corrected chi connectivity index (χ2v) is 9.99. The molecule has 1 aliphatic rings. The highest BCUT2D eigenvalue weighted by Gasteiger charge is 2.37. The van der Waals surface area contributed by atoms with E-state index in [9.17, 15) is 4.79 Å². The summed E-state index contributed by atoms with van der Waals surface area (Å²) in [7, 11) is 8.21. The Morgan fingerprint density at radius 3 is 1.95 bits per heavy atom. The Labute approximate surface area is 224 Å². The van der Waals surface area contributed by atoms with E-state index < -0.39 is 5.41 Å². The summed E-state index contributed by atoms with van der Waals surface area (Å²) in [5, 5.41) is 8.31. The lowest BCUT2D eigenvalue weighted by Gasteiger charge is -2.35. The van der Waals surface area contributed by atoms with Crippen molar-refractivity contribution in [2.75, 3.05) is 43.3 Å². The average molecular weight is 504 g/mol. The predicted molar refractivity (Wildman–Crippen MR) is 158 cm³/mol. The lowest BCUT2D eigenvalue weighted by molar-refractivity contribution is -0.104. The van der Waals surface area contributed by atoms with Crippen molar-refractivity contribution >= 4 is 41.4 Å². The van der Waals surface area contributed by atoms with Crippen molar-refractivity contribution in [3.8, 4) is 0 Å². The minimum absolute atomic E-state index is 0.403. The molecule has 3 aromatic carbocycles. The van der Waals surface area contributed by atoms with Gasteiger partial charge in [0.1, 0.15) is 6.29 Å². The molecule has 0 fully saturated rings. The average Bonchev–Trinajstić information content (AvgIpc) is 3.28. The molecule has 0 unspecified atom stereocenters. The van der Waals surface area contributed by atoms with E-state index in [1.54, 1.807) is 6.20 Å². The molecule has 38 heavy (non-hydrogen) atoms. The first-order chi connectivity index (χ1) is 18.4. The summed E-state index contributed by atoms with van der Waals surface area (Å²) in [6.45, 7) is 0. The van der Waals surface area contributed by atoms with E-state index >= 15 is 0 Å². The smallest absolute Gasteiger partial charge is 0.160 e. The largest absolute Gasteiger partial charge is 0.378 e. The summed E-state index contributed by atoms with van der Waals surface area (Å²) in [6.07, 6.45) is 9.16. The maximum atomic E-state index is 11.2. The van der Waals surface area contributed by atoms with E-state index in [2.05, 4.69) is 104 Å². The second kappa shape index (κ2) is 10.4. The minimum Gasteiger partial charge on any atom is -0.378 e. The van der Waals surface area contributed by atoms with Crippen molar-refractivity contribution in [1.82, 2.24) is 9.78 Å². The number of carbonyl (C=O) groups excluding carboxylic acids is 1. The van der Waals surface area contributed by atoms with Crippen LogP contribution in [-0.2, 0) is 16.6 Å². The number of fused-ring (bicyclic) bond motifs is 1. The maximum absolute atomic E-state index is 11.2. The quantitative estimate of drug-likeness (QED) is 0.237. The first-order valence-corrected chi connectivity index (χ1v) is 12.7. The Morgan fingerprint density at radius 1 is 0.842 bits per heavy atom. The highest BCUT2D eigenvalue weighted by Crippen LogP contribution is 2.44. The number of nitrogens with one attached hydrogen (secondary N) is 1. The predicted octanol–water partition coefficient (Wildman–Crippen LogP) is 5.98. The van der Waals surface area contributed by atoms with Gasteiger partial charge in [0.05, 0.1) is 5.69 Å². The molecule has 6 heteroatoms. The summed E-state index contributed by atoms with van der Waals surface area (Å²) >= 11 is 0. The fraction of sp³-hybridized carbons (Fsp3) is 0.188. The molecule has 1 aliphatic carbocycles. The summed E-state index contributed by atoms with van der Waals surface area (Å²) < 4.78 is 1.83. The van der Waals surface area contributed by atoms with Crippen molar-refractivity contribution in [1.29, 1.82) is 0 Å². The molecule has 6 nitrogen and oxygen atoms in total. The number of aldehydes is 1. The zero-order chi connectivity index (χ0) is 26.7. The highest BCUT2D eigenvalue weighted by molar-refractivity contribution is 5.76. The highest BCUT2D eigenvalue weighted by atomic mass is 16.1. The maximum Gasteiger partial charge on any atom is 0.160 e. The van der Waals surface area contributed by atoms with Gasteiger partial charge in [-0.3, -0.25) is 4.79 Å². The van der Waals surface area contributed by atoms with E-state index in [1.165, 1.54) is 17.2 Å². The third kappa shape index (κ3) is 4.73. The number of para-hydroxylation sites is 1. The van der Waals surface area contributed by atoms with Crippen LogP contribution in [0.15, 0.2) is 91.0 Å². The summed E-state index contributed by atoms with van der Waals surface area (Å²) in [6, 6.07) is 27.5. The molecule has 0 atom stereocenters. The van der Waals surface area contributed by atoms with E-state index in [-0.39, 0.29) is 0 Å². The lowest BCUT2D eigenvalue weighted by Crippen LogP contribution is -2.31. The third-order valence-electron chi connectivity index (χ3n) is 7.17. The van der Waals surface area contributed by atoms with Gasteiger partial charge in [-0.05, 0) is 53.6 Å². The van der Waals surface area contributed by atoms with Crippen molar-refractivity contribution in [3.63, 3.8) is 0 Å². The molecule has 0 saturated heterocycles. The number of rotatable bonds is 8. The molecule has 0 bridgehead atoms. The number of carbonyl (C=O) groups is 1. The van der Waals surface area contributed by atoms with Crippen LogP contribution in [0, 0.1) is 0 Å². The van der Waals surface area contributed by atoms with Gasteiger partial charge >= 0.3 is 0 Å². The number of allylic oxidation sites excluding steroid dienone is 2. The van der Waals surface area contributed by atoms with Gasteiger partial charge in [-0.1, -0.05) is 54.6 Å². The van der Waals surface area contributed by atoms with Crippen LogP contribution in [0.5, 0.6) is 0 Å². The van der Waals surface area contributed by atoms with Crippen LogP contribution in [0.25, 0.3) is 12.3 Å². The molecule has 0 aliphatic heterocycles. The normalized spacial score (nSPS) is 13.8. The first kappa shape index (κ1) is 25.1. The molecule has 0 spiro atoms. The van der Waals surface area contributed by atoms with Gasteiger partial charge in [0, 0.05) is 68.9 Å². The number of anilines is 4. The minimum atomic E-state index is -0.403. The van der Waals surface area contributed by atoms with E-state index in [0.29, 0.717) is 6.42 Å². The van der Waals surface area contributed by atoms with E-state index in [4.69, 9.17) is 5.10 Å². The van der Waals surface area contributed by atoms with Crippen LogP contribution in [0.3, 0.4) is 0 Å². The molecule has 1 aromatic heterocycles. The van der Waals surface area contributed by atoms with E-state index in [1.807, 2.05) is 35.0 Å². The van der Waals surface area contributed by atoms with Gasteiger partial charge in [-0.15, -0.1) is 5.10 Å². The van der Waals surface area contributed by atoms with Gasteiger partial charge in [-0.25, -0.2) is 4.68 Å². The van der Waals surface area contributed by atoms with Crippen LogP contribution < -0.4 is 15.1 Å². The zero-order valence-corrected chi connectivity index (χ0v) is 22.3. The monoisotopic (exact) mass is 503 g/mol. The molecule has 5 rings (SSSR count). The Morgan fingerprint density at radius 2 is 1.42 bits per heavy atom. The van der Waals surface area contributed by atoms with Crippen molar-refractivity contribution < 1.29 is 4.79 Å². The first-order valence-electron chi connectivity index (χ1n) is 12.7. The lowest BCUT2D eigenvalue weighted by atomic mass is 9.68. The summed E-state index contributed by atoms with van der Waals surface area (Å²) in [4.78, 5) is 15.4. The van der Waals surface area contributed by atoms with Crippen LogP contribution >= 0.6 is 0 Å². The Hall–Kier alpha value is -4.58. The van der Waals surface area contributed by atoms with Gasteiger partial charge in [0.25, 0.3) is 0 Å². The third-order valence-corrected chi connectivity index (χ3v) is 7.17. The Balaban J connectivity index is 1.65. The van der Waals surface area contributed by atoms with Crippen molar-refractivity contribution in [3.05, 3.63) is 113 Å². The molecule has 1 N–H and O–H groups in total. The molecular weight excluding hydrogens is 470 g/mol. The second-order valence-electron chi connectivity index (χ2n) is 9.99. The van der Waals surface area contributed by atoms with Gasteiger partial charge < -0.3 is 15.1 Å². The number of nitrogens with zero attached hydrogens (tertiary/aromatic N) is 4. The number of hydrogen-bond donors (Lipinski definition) is 1. The van der Waals surface area contributed by atoms with Crippen LogP contribution in [0.2, 0.25) is 0 Å². The molecule has 4 aromatic rings. The van der Waals surface area contributed by atoms with E-state index in [0.717, 1.165) is 40.4 Å². The number of aromatic nitrogens is 2. The molecule has 192 valence electrons. The molecular formula is C32H33N5O. The molecule has 0 radical (unpaired) electrons. The van der Waals surface area contributed by atoms with Crippen LogP contribution in [-0.4, -0.2) is 44.3 Å². The zero-order valence-electron chi connectivity index (χ0n) is 22.3. The molecule has 0 saturated carbocycles. The van der Waals surface area contributed by atoms with Crippen LogP contribution in [0.4, 0.5) is 22.9 Å². The molecule has 1 heterocycles. The van der Waals surface area contributed by atoms with Gasteiger partial charge in [0.2, 0.25) is 0 Å². The fourth-order valence-corrected chi connectivity index (χ4v) is 5.05. The summed E-state index contributed by atoms with van der Waals surface area (Å²) in [5.41, 5.74) is 7.33. The molecule has 0 amide bonds. The Kier molecular flexibility index (Phi) is 6.88. The number of hydrogen-bond acceptors (Lipinski definition) is 5. The summed E-state index contributed by atoms with van der Waals surface area (Å²) in [5.74, 6) is 0.762. The Bertz CT molecular complexity index is 1410. The van der Waals surface area contributed by atoms with Crippen molar-refractivity contribution in [2.45, 2.75) is 11.8 Å². The van der Waals surface area contributed by atoms with Gasteiger partial charge in [-0.2, -0.15) is 0 Å². The number of benzene rings is 3. The standard InChI is InChI=1S/C32H33N5O/c1-35(2)27-15-11-24(12-16-27)32(25-13-17-28(18-14-25)36(3)4)20-19-29-30(23-32)37(21-8-22-38)34-31(29)33-26-9-6-5-7-10-26/h5-22H,23H2,1-4H3,(H,33,34). The van der Waals surface area contributed by atoms with Gasteiger partial charge in [0.15, 0.2) is 5.82 Å². The fourth-order valence-electron chi connectivity index (χ4n) is 5.05.